The number of nitrogens with zero attached hydrogens (tertiary/aromatic N) is 5. The molecule has 2 aromatic rings. The van der Waals surface area contributed by atoms with Gasteiger partial charge in [-0.2, -0.15) is 5.26 Å². The van der Waals surface area contributed by atoms with Crippen LogP contribution in [0.3, 0.4) is 0 Å². The van der Waals surface area contributed by atoms with Crippen molar-refractivity contribution < 1.29 is 4.74 Å². The Balaban J connectivity index is 1.32. The van der Waals surface area contributed by atoms with Crippen LogP contribution in [-0.2, 0) is 4.74 Å². The van der Waals surface area contributed by atoms with Crippen molar-refractivity contribution in [3.63, 3.8) is 0 Å². The molecule has 2 saturated carbocycles. The van der Waals surface area contributed by atoms with Crippen molar-refractivity contribution in [2.75, 3.05) is 30.9 Å². The van der Waals surface area contributed by atoms with E-state index in [0.29, 0.717) is 42.0 Å². The highest BCUT2D eigenvalue weighted by atomic mass is 16.5. The summed E-state index contributed by atoms with van der Waals surface area (Å²) in [6.07, 6.45) is 9.59. The maximum Gasteiger partial charge on any atom is 0.180 e. The van der Waals surface area contributed by atoms with Gasteiger partial charge in [-0.15, -0.1) is 0 Å². The van der Waals surface area contributed by atoms with Crippen LogP contribution in [0.4, 0.5) is 11.6 Å². The molecule has 32 heavy (non-hydrogen) atoms. The molecule has 2 aliphatic carbocycles. The molecule has 1 unspecified atom stereocenters. The van der Waals surface area contributed by atoms with E-state index < -0.39 is 0 Å². The molecule has 0 amide bonds. The molecule has 2 fully saturated rings. The molecule has 1 atom stereocenters. The van der Waals surface area contributed by atoms with E-state index in [1.165, 1.54) is 0 Å². The lowest BCUT2D eigenvalue weighted by Gasteiger charge is -2.31. The molecule has 0 spiro atoms. The molecule has 9 nitrogen and oxygen atoms in total. The van der Waals surface area contributed by atoms with Gasteiger partial charge in [0.2, 0.25) is 0 Å². The highest BCUT2D eigenvalue weighted by Crippen LogP contribution is 2.44. The van der Waals surface area contributed by atoms with Crippen LogP contribution in [0, 0.1) is 16.7 Å². The summed E-state index contributed by atoms with van der Waals surface area (Å²) in [5.74, 6) is 2.04. The minimum absolute atomic E-state index is 0.229. The van der Waals surface area contributed by atoms with E-state index in [1.54, 1.807) is 19.6 Å². The first-order valence-electron chi connectivity index (χ1n) is 11.4. The van der Waals surface area contributed by atoms with E-state index in [9.17, 15) is 5.26 Å². The molecule has 0 bridgehead atoms. The lowest BCUT2D eigenvalue weighted by molar-refractivity contribution is 0.161. The second-order valence-corrected chi connectivity index (χ2v) is 9.02. The SMILES string of the molecule is COCC(C)NC1CCC(Nc2cc(-c3nccc(NCC4(C#N)CC4)n3)ncn2)CC1. The topological polar surface area (TPSA) is 121 Å². The number of rotatable bonds is 10. The lowest BCUT2D eigenvalue weighted by Crippen LogP contribution is -2.42. The van der Waals surface area contributed by atoms with Gasteiger partial charge in [0.15, 0.2) is 5.82 Å². The van der Waals surface area contributed by atoms with Crippen LogP contribution in [0.15, 0.2) is 24.7 Å². The van der Waals surface area contributed by atoms with Gasteiger partial charge >= 0.3 is 0 Å². The monoisotopic (exact) mass is 436 g/mol. The van der Waals surface area contributed by atoms with Gasteiger partial charge < -0.3 is 20.7 Å². The smallest absolute Gasteiger partial charge is 0.180 e. The van der Waals surface area contributed by atoms with Gasteiger partial charge in [-0.1, -0.05) is 0 Å². The van der Waals surface area contributed by atoms with Crippen LogP contribution in [-0.4, -0.2) is 58.3 Å². The molecule has 0 saturated heterocycles. The minimum Gasteiger partial charge on any atom is -0.383 e. The minimum atomic E-state index is -0.229. The maximum absolute atomic E-state index is 9.25. The number of nitriles is 1. The first-order chi connectivity index (χ1) is 15.6. The molecule has 0 aliphatic heterocycles. The van der Waals surface area contributed by atoms with Crippen LogP contribution < -0.4 is 16.0 Å². The standard InChI is InChI=1S/C23H32N8O/c1-16(12-32-2)29-17-3-5-18(6-4-17)30-21-11-19(27-15-28-21)22-25-10-7-20(31-22)26-14-23(13-24)8-9-23/h7,10-11,15-18,29H,3-6,8-9,12,14H2,1-2H3,(H,25,26,31)(H,27,28,30). The van der Waals surface area contributed by atoms with Gasteiger partial charge in [-0.3, -0.25) is 0 Å². The molecule has 0 aromatic carbocycles. The zero-order valence-electron chi connectivity index (χ0n) is 18.8. The van der Waals surface area contributed by atoms with Crippen molar-refractivity contribution in [3.05, 3.63) is 24.7 Å². The van der Waals surface area contributed by atoms with E-state index in [4.69, 9.17) is 4.74 Å². The maximum atomic E-state index is 9.25. The molecule has 2 heterocycles. The fourth-order valence-electron chi connectivity index (χ4n) is 4.19. The molecule has 3 N–H and O–H groups in total. The zero-order chi connectivity index (χ0) is 22.4. The molecule has 2 aromatic heterocycles. The Labute approximate surface area is 189 Å². The van der Waals surface area contributed by atoms with Gasteiger partial charge in [0.25, 0.3) is 0 Å². The van der Waals surface area contributed by atoms with E-state index in [0.717, 1.165) is 50.9 Å². The van der Waals surface area contributed by atoms with E-state index >= 15 is 0 Å². The largest absolute Gasteiger partial charge is 0.383 e. The summed E-state index contributed by atoms with van der Waals surface area (Å²) < 4.78 is 5.22. The van der Waals surface area contributed by atoms with Gasteiger partial charge in [0, 0.05) is 44.0 Å². The van der Waals surface area contributed by atoms with Crippen LogP contribution in [0.2, 0.25) is 0 Å². The summed E-state index contributed by atoms with van der Waals surface area (Å²) in [5.41, 5.74) is 0.448. The Morgan fingerprint density at radius 1 is 1.16 bits per heavy atom. The third-order valence-electron chi connectivity index (χ3n) is 6.27. The van der Waals surface area contributed by atoms with Crippen LogP contribution in [0.5, 0.6) is 0 Å². The number of aromatic nitrogens is 4. The highest BCUT2D eigenvalue weighted by Gasteiger charge is 2.42. The number of nitrogens with one attached hydrogen (secondary N) is 3. The summed E-state index contributed by atoms with van der Waals surface area (Å²) >= 11 is 0. The summed E-state index contributed by atoms with van der Waals surface area (Å²) in [7, 11) is 1.74. The Hall–Kier alpha value is -2.83. The van der Waals surface area contributed by atoms with Gasteiger partial charge in [0.05, 0.1) is 18.1 Å². The quantitative estimate of drug-likeness (QED) is 0.516. The highest BCUT2D eigenvalue weighted by molar-refractivity contribution is 5.56. The Morgan fingerprint density at radius 2 is 1.94 bits per heavy atom. The molecule has 4 rings (SSSR count). The second-order valence-electron chi connectivity index (χ2n) is 9.02. The Morgan fingerprint density at radius 3 is 2.66 bits per heavy atom. The first kappa shape index (κ1) is 22.4. The number of hydrogen-bond acceptors (Lipinski definition) is 9. The van der Waals surface area contributed by atoms with Crippen LogP contribution >= 0.6 is 0 Å². The summed E-state index contributed by atoms with van der Waals surface area (Å²) in [6, 6.07) is 7.42. The predicted octanol–water partition coefficient (Wildman–Crippen LogP) is 3.00. The number of methoxy groups -OCH3 is 1. The third kappa shape index (κ3) is 5.90. The molecule has 170 valence electrons. The van der Waals surface area contributed by atoms with Crippen molar-refractivity contribution in [1.29, 1.82) is 5.26 Å². The number of ether oxygens (including phenoxy) is 1. The predicted molar refractivity (Wildman–Crippen MR) is 123 cm³/mol. The van der Waals surface area contributed by atoms with E-state index in [-0.39, 0.29) is 5.41 Å². The van der Waals surface area contributed by atoms with E-state index in [2.05, 4.69) is 48.9 Å². The normalized spacial score (nSPS) is 22.5. The molecular formula is C23H32N8O. The van der Waals surface area contributed by atoms with Gasteiger partial charge in [-0.25, -0.2) is 19.9 Å². The first-order valence-corrected chi connectivity index (χ1v) is 11.4. The molecular weight excluding hydrogens is 404 g/mol. The Bertz CT molecular complexity index is 934. The lowest BCUT2D eigenvalue weighted by atomic mass is 9.90. The second kappa shape index (κ2) is 10.2. The van der Waals surface area contributed by atoms with Gasteiger partial charge in [0.1, 0.15) is 23.7 Å². The van der Waals surface area contributed by atoms with Gasteiger partial charge in [-0.05, 0) is 51.5 Å². The molecule has 2 aliphatic rings. The van der Waals surface area contributed by atoms with Crippen LogP contribution in [0.1, 0.15) is 45.4 Å². The fourth-order valence-corrected chi connectivity index (χ4v) is 4.19. The van der Waals surface area contributed by atoms with Crippen molar-refractivity contribution in [2.45, 2.75) is 63.6 Å². The van der Waals surface area contributed by atoms with Crippen LogP contribution in [0.25, 0.3) is 11.5 Å². The average Bonchev–Trinajstić information content (AvgIpc) is 3.60. The van der Waals surface area contributed by atoms with Crippen molar-refractivity contribution in [1.82, 2.24) is 25.3 Å². The summed E-state index contributed by atoms with van der Waals surface area (Å²) in [5, 5.41) is 19.7. The fraction of sp³-hybridized carbons (Fsp3) is 0.609. The van der Waals surface area contributed by atoms with Crippen molar-refractivity contribution in [3.8, 4) is 17.6 Å². The average molecular weight is 437 g/mol. The zero-order valence-corrected chi connectivity index (χ0v) is 18.8. The van der Waals surface area contributed by atoms with Crippen molar-refractivity contribution in [2.24, 2.45) is 5.41 Å². The summed E-state index contributed by atoms with van der Waals surface area (Å²) in [6.45, 7) is 3.51. The Kier molecular flexibility index (Phi) is 7.12. The molecule has 0 radical (unpaired) electrons. The summed E-state index contributed by atoms with van der Waals surface area (Å²) in [4.78, 5) is 17.7. The van der Waals surface area contributed by atoms with E-state index in [1.807, 2.05) is 12.1 Å². The number of hydrogen-bond donors (Lipinski definition) is 3. The molecule has 9 heteroatoms. The third-order valence-corrected chi connectivity index (χ3v) is 6.27. The number of anilines is 2. The van der Waals surface area contributed by atoms with Crippen molar-refractivity contribution >= 4 is 11.6 Å².